The van der Waals surface area contributed by atoms with Gasteiger partial charge in [0.2, 0.25) is 0 Å². The van der Waals surface area contributed by atoms with Crippen LogP contribution in [0.4, 0.5) is 5.69 Å². The zero-order chi connectivity index (χ0) is 28.1. The molecule has 1 unspecified atom stereocenters. The molecule has 3 aromatic rings. The Bertz CT molecular complexity index is 1330. The van der Waals surface area contributed by atoms with Crippen LogP contribution in [0.3, 0.4) is 0 Å². The van der Waals surface area contributed by atoms with Gasteiger partial charge in [0.15, 0.2) is 12.1 Å². The fraction of sp³-hybridized carbons (Fsp3) is 0.375. The molecule has 8 heteroatoms. The number of benzene rings is 3. The van der Waals surface area contributed by atoms with Crippen molar-refractivity contribution < 1.29 is 29.3 Å². The standard InChI is InChI=1S/C32H36N2O6/c1-21(37)24-5-3-8-27(16-24)33-31(38)25-6-2-7-26(15-25)32-39-29(18-34-14-4-9-28(34)20-36)17-30(40-32)23-12-10-22(19-35)11-13-23/h2-3,5-8,10-13,15-16,28-30,32,35-36H,4,9,14,17-20H2,1H3,(H,33,38)/t28-,29-,30+,32?/m0/s1. The van der Waals surface area contributed by atoms with Crippen molar-refractivity contribution >= 4 is 17.4 Å². The van der Waals surface area contributed by atoms with Crippen molar-refractivity contribution in [2.45, 2.75) is 57.3 Å². The average molecular weight is 545 g/mol. The van der Waals surface area contributed by atoms with Gasteiger partial charge in [-0.05, 0) is 61.7 Å². The number of aliphatic hydroxyl groups excluding tert-OH is 2. The molecule has 1 amide bonds. The molecule has 2 fully saturated rings. The van der Waals surface area contributed by atoms with Crippen LogP contribution in [0.15, 0.2) is 72.8 Å². The molecule has 0 aromatic heterocycles. The van der Waals surface area contributed by atoms with Crippen molar-refractivity contribution in [3.8, 4) is 0 Å². The number of ether oxygens (including phenoxy) is 2. The van der Waals surface area contributed by atoms with Crippen LogP contribution in [-0.2, 0) is 16.1 Å². The predicted molar refractivity (Wildman–Crippen MR) is 151 cm³/mol. The number of likely N-dealkylation sites (tertiary alicyclic amines) is 1. The number of hydrogen-bond donors (Lipinski definition) is 3. The van der Waals surface area contributed by atoms with Crippen molar-refractivity contribution in [3.05, 3.63) is 101 Å². The molecule has 0 bridgehead atoms. The fourth-order valence-corrected chi connectivity index (χ4v) is 5.48. The number of carbonyl (C=O) groups excluding carboxylic acids is 2. The third kappa shape index (κ3) is 6.66. The lowest BCUT2D eigenvalue weighted by atomic mass is 9.99. The van der Waals surface area contributed by atoms with Crippen molar-refractivity contribution in [3.63, 3.8) is 0 Å². The first kappa shape index (κ1) is 28.1. The van der Waals surface area contributed by atoms with Crippen molar-refractivity contribution in [1.29, 1.82) is 0 Å². The molecule has 0 radical (unpaired) electrons. The summed E-state index contributed by atoms with van der Waals surface area (Å²) in [7, 11) is 0. The Morgan fingerprint density at radius 2 is 1.73 bits per heavy atom. The Morgan fingerprint density at radius 1 is 0.950 bits per heavy atom. The van der Waals surface area contributed by atoms with Crippen LogP contribution >= 0.6 is 0 Å². The topological polar surface area (TPSA) is 108 Å². The quantitative estimate of drug-likeness (QED) is 0.337. The van der Waals surface area contributed by atoms with E-state index in [1.165, 1.54) is 6.92 Å². The van der Waals surface area contributed by atoms with Crippen LogP contribution in [-0.4, -0.2) is 58.6 Å². The van der Waals surface area contributed by atoms with E-state index in [1.807, 2.05) is 30.3 Å². The maximum absolute atomic E-state index is 13.1. The highest BCUT2D eigenvalue weighted by molar-refractivity contribution is 6.05. The van der Waals surface area contributed by atoms with Crippen molar-refractivity contribution in [1.82, 2.24) is 4.90 Å². The zero-order valence-corrected chi connectivity index (χ0v) is 22.7. The lowest BCUT2D eigenvalue weighted by Crippen LogP contribution is -2.42. The van der Waals surface area contributed by atoms with Gasteiger partial charge in [-0.1, -0.05) is 48.5 Å². The van der Waals surface area contributed by atoms with Gasteiger partial charge in [0.05, 0.1) is 25.4 Å². The lowest BCUT2D eigenvalue weighted by molar-refractivity contribution is -0.253. The molecule has 0 aliphatic carbocycles. The SMILES string of the molecule is CC(=O)c1cccc(NC(=O)c2cccc(C3O[C@H](CN4CCC[C@H]4CO)C[C@H](c4ccc(CO)cc4)O3)c2)c1. The van der Waals surface area contributed by atoms with Crippen LogP contribution < -0.4 is 5.32 Å². The van der Waals surface area contributed by atoms with Gasteiger partial charge >= 0.3 is 0 Å². The first-order valence-electron chi connectivity index (χ1n) is 13.8. The Hall–Kier alpha value is -3.40. The second kappa shape index (κ2) is 12.8. The van der Waals surface area contributed by atoms with Gasteiger partial charge in [0.1, 0.15) is 0 Å². The molecule has 3 aromatic carbocycles. The van der Waals surface area contributed by atoms with E-state index in [4.69, 9.17) is 9.47 Å². The second-order valence-electron chi connectivity index (χ2n) is 10.5. The van der Waals surface area contributed by atoms with E-state index in [-0.39, 0.29) is 43.2 Å². The van der Waals surface area contributed by atoms with E-state index >= 15 is 0 Å². The number of anilines is 1. The molecule has 2 heterocycles. The Labute approximate surface area is 234 Å². The zero-order valence-electron chi connectivity index (χ0n) is 22.7. The van der Waals surface area contributed by atoms with Gasteiger partial charge in [-0.15, -0.1) is 0 Å². The van der Waals surface area contributed by atoms with Gasteiger partial charge in [-0.25, -0.2) is 0 Å². The van der Waals surface area contributed by atoms with Crippen LogP contribution in [0.25, 0.3) is 0 Å². The lowest BCUT2D eigenvalue weighted by Gasteiger charge is -2.38. The molecule has 5 rings (SSSR count). The van der Waals surface area contributed by atoms with Crippen LogP contribution in [0.2, 0.25) is 0 Å². The summed E-state index contributed by atoms with van der Waals surface area (Å²) in [6, 6.07) is 21.9. The van der Waals surface area contributed by atoms with E-state index in [2.05, 4.69) is 10.2 Å². The summed E-state index contributed by atoms with van der Waals surface area (Å²) >= 11 is 0. The average Bonchev–Trinajstić information content (AvgIpc) is 3.44. The van der Waals surface area contributed by atoms with E-state index < -0.39 is 6.29 Å². The summed E-state index contributed by atoms with van der Waals surface area (Å²) < 4.78 is 12.9. The number of rotatable bonds is 9. The number of hydrogen-bond acceptors (Lipinski definition) is 7. The number of nitrogens with one attached hydrogen (secondary N) is 1. The monoisotopic (exact) mass is 544 g/mol. The Kier molecular flexibility index (Phi) is 9.04. The van der Waals surface area contributed by atoms with Gasteiger partial charge in [-0.2, -0.15) is 0 Å². The third-order valence-electron chi connectivity index (χ3n) is 7.71. The minimum atomic E-state index is -0.690. The molecule has 210 valence electrons. The maximum Gasteiger partial charge on any atom is 0.255 e. The highest BCUT2D eigenvalue weighted by atomic mass is 16.7. The molecule has 40 heavy (non-hydrogen) atoms. The normalized spacial score (nSPS) is 23.2. The molecule has 0 spiro atoms. The number of nitrogens with zero attached hydrogens (tertiary/aromatic N) is 1. The van der Waals surface area contributed by atoms with Gasteiger partial charge < -0.3 is 25.0 Å². The summed E-state index contributed by atoms with van der Waals surface area (Å²) in [5.74, 6) is -0.368. The largest absolute Gasteiger partial charge is 0.395 e. The van der Waals surface area contributed by atoms with Gasteiger partial charge in [-0.3, -0.25) is 14.5 Å². The van der Waals surface area contributed by atoms with Crippen LogP contribution in [0.1, 0.15) is 76.0 Å². The number of carbonyl (C=O) groups is 2. The minimum Gasteiger partial charge on any atom is -0.395 e. The summed E-state index contributed by atoms with van der Waals surface area (Å²) in [6.45, 7) is 3.20. The first-order chi connectivity index (χ1) is 19.4. The molecule has 2 saturated heterocycles. The molecule has 2 aliphatic rings. The summed E-state index contributed by atoms with van der Waals surface area (Å²) in [5, 5.41) is 22.2. The highest BCUT2D eigenvalue weighted by Gasteiger charge is 2.35. The van der Waals surface area contributed by atoms with E-state index in [9.17, 15) is 19.8 Å². The number of ketones is 1. The highest BCUT2D eigenvalue weighted by Crippen LogP contribution is 2.39. The molecular weight excluding hydrogens is 508 g/mol. The fourth-order valence-electron chi connectivity index (χ4n) is 5.48. The Balaban J connectivity index is 1.36. The smallest absolute Gasteiger partial charge is 0.255 e. The van der Waals surface area contributed by atoms with Crippen LogP contribution in [0.5, 0.6) is 0 Å². The molecule has 0 saturated carbocycles. The molecule has 2 aliphatic heterocycles. The van der Waals surface area contributed by atoms with E-state index in [0.717, 1.165) is 36.1 Å². The summed E-state index contributed by atoms with van der Waals surface area (Å²) in [4.78, 5) is 27.1. The maximum atomic E-state index is 13.1. The predicted octanol–water partition coefficient (Wildman–Crippen LogP) is 4.64. The summed E-state index contributed by atoms with van der Waals surface area (Å²) in [5.41, 5.74) is 4.08. The van der Waals surface area contributed by atoms with Crippen LogP contribution in [0, 0.1) is 0 Å². The third-order valence-corrected chi connectivity index (χ3v) is 7.71. The Morgan fingerprint density at radius 3 is 2.48 bits per heavy atom. The minimum absolute atomic E-state index is 0.0222. The number of Topliss-reactive ketones (excluding diaryl/α,β-unsaturated/α-hetero) is 1. The first-order valence-corrected chi connectivity index (χ1v) is 13.8. The molecule has 4 atom stereocenters. The van der Waals surface area contributed by atoms with Crippen molar-refractivity contribution in [2.24, 2.45) is 0 Å². The second-order valence-corrected chi connectivity index (χ2v) is 10.5. The number of amides is 1. The van der Waals surface area contributed by atoms with Crippen molar-refractivity contribution in [2.75, 3.05) is 25.0 Å². The molecular formula is C32H36N2O6. The van der Waals surface area contributed by atoms with Gasteiger partial charge in [0, 0.05) is 41.4 Å². The summed E-state index contributed by atoms with van der Waals surface area (Å²) in [6.07, 6.45) is 1.61. The molecule has 3 N–H and O–H groups in total. The van der Waals surface area contributed by atoms with E-state index in [1.54, 1.807) is 42.5 Å². The number of aliphatic hydroxyl groups is 2. The van der Waals surface area contributed by atoms with E-state index in [0.29, 0.717) is 29.8 Å². The van der Waals surface area contributed by atoms with Gasteiger partial charge in [0.25, 0.3) is 5.91 Å². The molecule has 8 nitrogen and oxygen atoms in total.